The molecule has 0 unspecified atom stereocenters. The minimum Gasteiger partial charge on any atom is -0.497 e. The van der Waals surface area contributed by atoms with Crippen molar-refractivity contribution in [2.24, 2.45) is 5.92 Å². The summed E-state index contributed by atoms with van der Waals surface area (Å²) in [5.41, 5.74) is 4.62. The van der Waals surface area contributed by atoms with Crippen molar-refractivity contribution >= 4 is 0 Å². The molecule has 0 amide bonds. The van der Waals surface area contributed by atoms with E-state index in [-0.39, 0.29) is 0 Å². The van der Waals surface area contributed by atoms with Crippen molar-refractivity contribution in [3.63, 3.8) is 0 Å². The maximum atomic E-state index is 5.25. The normalized spacial score (nSPS) is 23.9. The number of aryl methyl sites for hydroxylation is 1. The van der Waals surface area contributed by atoms with Crippen molar-refractivity contribution < 1.29 is 4.74 Å². The van der Waals surface area contributed by atoms with E-state index in [1.165, 1.54) is 37.9 Å². The number of hydrogen-bond donors (Lipinski definition) is 0. The van der Waals surface area contributed by atoms with Gasteiger partial charge < -0.3 is 4.74 Å². The number of methoxy groups -OCH3 is 1. The second-order valence-electron chi connectivity index (χ2n) is 6.98. The minimum atomic E-state index is 0.784. The summed E-state index contributed by atoms with van der Waals surface area (Å²) in [6, 6.07) is 17.6. The van der Waals surface area contributed by atoms with Crippen LogP contribution in [0.2, 0.25) is 0 Å². The molecule has 2 nitrogen and oxygen atoms in total. The van der Waals surface area contributed by atoms with Crippen molar-refractivity contribution in [2.45, 2.75) is 31.7 Å². The van der Waals surface area contributed by atoms with E-state index >= 15 is 0 Å². The van der Waals surface area contributed by atoms with Gasteiger partial charge >= 0.3 is 0 Å². The molecule has 0 spiro atoms. The highest BCUT2D eigenvalue weighted by Crippen LogP contribution is 2.41. The standard InChI is InChI=1S/C21H25NO/c1-23-19-10-6-16(7-11-19)14-22-13-12-21-18(15-22)9-8-17-4-2-3-5-20(17)21/h2-7,10-11,18,21H,8-9,12-15H2,1H3/t18-,21+/m0/s1. The Bertz CT molecular complexity index is 664. The van der Waals surface area contributed by atoms with Gasteiger partial charge in [0.25, 0.3) is 0 Å². The lowest BCUT2D eigenvalue weighted by Crippen LogP contribution is -2.40. The van der Waals surface area contributed by atoms with Crippen LogP contribution in [0.5, 0.6) is 5.75 Å². The number of piperidine rings is 1. The highest BCUT2D eigenvalue weighted by molar-refractivity contribution is 5.34. The lowest BCUT2D eigenvalue weighted by Gasteiger charge is -2.42. The van der Waals surface area contributed by atoms with E-state index in [0.29, 0.717) is 0 Å². The lowest BCUT2D eigenvalue weighted by molar-refractivity contribution is 0.135. The van der Waals surface area contributed by atoms with Crippen LogP contribution in [0.4, 0.5) is 0 Å². The highest BCUT2D eigenvalue weighted by Gasteiger charge is 2.33. The fraction of sp³-hybridized carbons (Fsp3) is 0.429. The van der Waals surface area contributed by atoms with Crippen molar-refractivity contribution in [1.29, 1.82) is 0 Å². The molecule has 2 aliphatic rings. The summed E-state index contributed by atoms with van der Waals surface area (Å²) < 4.78 is 5.25. The summed E-state index contributed by atoms with van der Waals surface area (Å²) in [5.74, 6) is 2.56. The first-order valence-corrected chi connectivity index (χ1v) is 8.76. The van der Waals surface area contributed by atoms with Crippen LogP contribution in [-0.4, -0.2) is 25.1 Å². The number of ether oxygens (including phenoxy) is 1. The van der Waals surface area contributed by atoms with E-state index in [4.69, 9.17) is 4.74 Å². The Labute approximate surface area is 139 Å². The third-order valence-corrected chi connectivity index (χ3v) is 5.62. The van der Waals surface area contributed by atoms with Crippen LogP contribution in [0.1, 0.15) is 35.4 Å². The van der Waals surface area contributed by atoms with E-state index < -0.39 is 0 Å². The molecule has 2 aromatic carbocycles. The molecule has 2 aromatic rings. The number of benzene rings is 2. The third kappa shape index (κ3) is 3.00. The number of likely N-dealkylation sites (tertiary alicyclic amines) is 1. The van der Waals surface area contributed by atoms with Crippen molar-refractivity contribution in [2.75, 3.05) is 20.2 Å². The van der Waals surface area contributed by atoms with E-state index in [1.54, 1.807) is 18.2 Å². The number of hydrogen-bond acceptors (Lipinski definition) is 2. The van der Waals surface area contributed by atoms with Gasteiger partial charge in [-0.3, -0.25) is 4.90 Å². The molecule has 2 heteroatoms. The third-order valence-electron chi connectivity index (χ3n) is 5.62. The molecular formula is C21H25NO. The first-order chi connectivity index (χ1) is 11.3. The Morgan fingerprint density at radius 1 is 1.04 bits per heavy atom. The Kier molecular flexibility index (Phi) is 4.09. The topological polar surface area (TPSA) is 12.5 Å². The summed E-state index contributed by atoms with van der Waals surface area (Å²) in [6.07, 6.45) is 3.91. The quantitative estimate of drug-likeness (QED) is 0.840. The molecular weight excluding hydrogens is 282 g/mol. The largest absolute Gasteiger partial charge is 0.497 e. The Morgan fingerprint density at radius 3 is 2.70 bits per heavy atom. The van der Waals surface area contributed by atoms with Crippen molar-refractivity contribution in [3.05, 3.63) is 65.2 Å². The van der Waals surface area contributed by atoms with Gasteiger partial charge in [0.15, 0.2) is 0 Å². The number of nitrogens with zero attached hydrogens (tertiary/aromatic N) is 1. The number of rotatable bonds is 3. The molecule has 1 aliphatic carbocycles. The van der Waals surface area contributed by atoms with Gasteiger partial charge in [0.05, 0.1) is 7.11 Å². The maximum Gasteiger partial charge on any atom is 0.118 e. The maximum absolute atomic E-state index is 5.25. The zero-order chi connectivity index (χ0) is 15.6. The fourth-order valence-corrected chi connectivity index (χ4v) is 4.41. The summed E-state index contributed by atoms with van der Waals surface area (Å²) in [6.45, 7) is 3.52. The van der Waals surface area contributed by atoms with Crippen LogP contribution in [0.15, 0.2) is 48.5 Å². The van der Waals surface area contributed by atoms with Gasteiger partial charge in [0.1, 0.15) is 5.75 Å². The molecule has 2 atom stereocenters. The number of fused-ring (bicyclic) bond motifs is 3. The Morgan fingerprint density at radius 2 is 1.87 bits per heavy atom. The first kappa shape index (κ1) is 14.8. The van der Waals surface area contributed by atoms with Crippen LogP contribution in [0.25, 0.3) is 0 Å². The molecule has 0 aromatic heterocycles. The van der Waals surface area contributed by atoms with Crippen LogP contribution in [0, 0.1) is 5.92 Å². The SMILES string of the molecule is COc1ccc(CN2CC[C@H]3c4ccccc4CC[C@H]3C2)cc1. The molecule has 0 radical (unpaired) electrons. The van der Waals surface area contributed by atoms with Gasteiger partial charge in [-0.25, -0.2) is 0 Å². The smallest absolute Gasteiger partial charge is 0.118 e. The van der Waals surface area contributed by atoms with E-state index in [2.05, 4.69) is 53.4 Å². The Balaban J connectivity index is 1.43. The molecule has 23 heavy (non-hydrogen) atoms. The molecule has 1 fully saturated rings. The van der Waals surface area contributed by atoms with Crippen LogP contribution in [-0.2, 0) is 13.0 Å². The van der Waals surface area contributed by atoms with E-state index in [9.17, 15) is 0 Å². The van der Waals surface area contributed by atoms with Gasteiger partial charge in [-0.15, -0.1) is 0 Å². The summed E-state index contributed by atoms with van der Waals surface area (Å²) in [4.78, 5) is 2.64. The van der Waals surface area contributed by atoms with Crippen LogP contribution < -0.4 is 4.74 Å². The summed E-state index contributed by atoms with van der Waals surface area (Å²) in [5, 5.41) is 0. The van der Waals surface area contributed by atoms with E-state index in [1.807, 2.05) is 0 Å². The Hall–Kier alpha value is -1.80. The minimum absolute atomic E-state index is 0.784. The monoisotopic (exact) mass is 307 g/mol. The van der Waals surface area contributed by atoms with Crippen molar-refractivity contribution in [1.82, 2.24) is 4.90 Å². The average Bonchev–Trinajstić information content (AvgIpc) is 2.62. The molecule has 1 heterocycles. The predicted molar refractivity (Wildman–Crippen MR) is 93.9 cm³/mol. The van der Waals surface area contributed by atoms with Gasteiger partial charge in [-0.1, -0.05) is 36.4 Å². The molecule has 0 saturated carbocycles. The van der Waals surface area contributed by atoms with E-state index in [0.717, 1.165) is 24.1 Å². The zero-order valence-electron chi connectivity index (χ0n) is 13.9. The second-order valence-corrected chi connectivity index (χ2v) is 6.98. The lowest BCUT2D eigenvalue weighted by atomic mass is 9.71. The highest BCUT2D eigenvalue weighted by atomic mass is 16.5. The molecule has 1 aliphatic heterocycles. The van der Waals surface area contributed by atoms with Crippen LogP contribution >= 0.6 is 0 Å². The van der Waals surface area contributed by atoms with Gasteiger partial charge in [0.2, 0.25) is 0 Å². The van der Waals surface area contributed by atoms with Gasteiger partial charge in [-0.2, -0.15) is 0 Å². The molecule has 120 valence electrons. The zero-order valence-corrected chi connectivity index (χ0v) is 13.9. The first-order valence-electron chi connectivity index (χ1n) is 8.76. The fourth-order valence-electron chi connectivity index (χ4n) is 4.41. The molecule has 1 saturated heterocycles. The van der Waals surface area contributed by atoms with Gasteiger partial charge in [0, 0.05) is 13.1 Å². The summed E-state index contributed by atoms with van der Waals surface area (Å²) >= 11 is 0. The second kappa shape index (κ2) is 6.37. The van der Waals surface area contributed by atoms with Crippen molar-refractivity contribution in [3.8, 4) is 5.75 Å². The predicted octanol–water partition coefficient (Wildman–Crippen LogP) is 4.25. The average molecular weight is 307 g/mol. The summed E-state index contributed by atoms with van der Waals surface area (Å²) in [7, 11) is 1.72. The molecule has 0 bridgehead atoms. The van der Waals surface area contributed by atoms with Gasteiger partial charge in [-0.05, 0) is 66.5 Å². The molecule has 0 N–H and O–H groups in total. The molecule has 4 rings (SSSR count). The van der Waals surface area contributed by atoms with Crippen LogP contribution in [0.3, 0.4) is 0 Å².